The Morgan fingerprint density at radius 2 is 1.93 bits per heavy atom. The van der Waals surface area contributed by atoms with Crippen molar-refractivity contribution in [3.63, 3.8) is 0 Å². The van der Waals surface area contributed by atoms with Crippen LogP contribution in [-0.2, 0) is 0 Å². The zero-order chi connectivity index (χ0) is 21.1. The van der Waals surface area contributed by atoms with Crippen LogP contribution in [0.25, 0.3) is 12.2 Å². The number of pyridine rings is 1. The molecular weight excluding hydrogens is 396 g/mol. The van der Waals surface area contributed by atoms with Gasteiger partial charge in [-0.25, -0.2) is 4.98 Å². The molecule has 1 aromatic heterocycles. The summed E-state index contributed by atoms with van der Waals surface area (Å²) in [5, 5.41) is 6.93. The van der Waals surface area contributed by atoms with Gasteiger partial charge in [0.05, 0.1) is 5.70 Å². The Morgan fingerprint density at radius 3 is 2.63 bits per heavy atom. The Morgan fingerprint density at radius 1 is 1.20 bits per heavy atom. The smallest absolute Gasteiger partial charge is 0.255 e. The first kappa shape index (κ1) is 20.0. The first-order valence-corrected chi connectivity index (χ1v) is 10.3. The lowest BCUT2D eigenvalue weighted by Crippen LogP contribution is -2.36. The van der Waals surface area contributed by atoms with E-state index in [0.29, 0.717) is 10.7 Å². The number of aromatic nitrogens is 1. The number of fused-ring (bicyclic) bond motifs is 1. The average molecular weight is 419 g/mol. The normalized spacial score (nSPS) is 17.8. The second-order valence-electron chi connectivity index (χ2n) is 7.18. The summed E-state index contributed by atoms with van der Waals surface area (Å²) in [6.45, 7) is 4.22. The van der Waals surface area contributed by atoms with Crippen LogP contribution in [0.4, 0.5) is 0 Å². The van der Waals surface area contributed by atoms with Crippen LogP contribution in [0.3, 0.4) is 0 Å². The lowest BCUT2D eigenvalue weighted by Gasteiger charge is -2.26. The van der Waals surface area contributed by atoms with Crippen LogP contribution >= 0.6 is 11.6 Å². The lowest BCUT2D eigenvalue weighted by atomic mass is 10.1. The van der Waals surface area contributed by atoms with E-state index in [4.69, 9.17) is 11.6 Å². The van der Waals surface area contributed by atoms with Crippen molar-refractivity contribution in [3.8, 4) is 0 Å². The molecule has 3 heterocycles. The summed E-state index contributed by atoms with van der Waals surface area (Å²) in [7, 11) is 0. The summed E-state index contributed by atoms with van der Waals surface area (Å²) >= 11 is 5.80. The molecule has 1 amide bonds. The van der Waals surface area contributed by atoms with E-state index in [2.05, 4.69) is 40.4 Å². The highest BCUT2D eigenvalue weighted by atomic mass is 35.5. The van der Waals surface area contributed by atoms with Crippen molar-refractivity contribution in [2.75, 3.05) is 0 Å². The summed E-state index contributed by atoms with van der Waals surface area (Å²) in [4.78, 5) is 18.9. The number of nitrogens with one attached hydrogen (secondary N) is 2. The Labute approximate surface area is 181 Å². The van der Waals surface area contributed by atoms with Gasteiger partial charge in [-0.05, 0) is 54.8 Å². The molecule has 5 nitrogen and oxygen atoms in total. The van der Waals surface area contributed by atoms with Crippen molar-refractivity contribution in [2.45, 2.75) is 26.4 Å². The standard InChI is InChI=1S/C24H23ClN4O/c1-3-21-16(2)29-15-20(11-13-23(29)28-21)27-24(30)19-9-6-17(7-10-19)4-5-18-8-12-22(25)26-14-18/h4-15,23,28H,3H2,1-2H3,(H,27,30)/b5-4+. The number of amides is 1. The number of halogens is 1. The summed E-state index contributed by atoms with van der Waals surface area (Å²) in [6.07, 6.45) is 12.7. The van der Waals surface area contributed by atoms with Gasteiger partial charge in [-0.3, -0.25) is 4.79 Å². The highest BCUT2D eigenvalue weighted by molar-refractivity contribution is 6.29. The molecule has 2 aliphatic rings. The Balaban J connectivity index is 1.41. The van der Waals surface area contributed by atoms with E-state index in [9.17, 15) is 4.79 Å². The molecule has 2 aliphatic heterocycles. The number of hydrogen-bond acceptors (Lipinski definition) is 4. The van der Waals surface area contributed by atoms with Crippen molar-refractivity contribution in [2.24, 2.45) is 0 Å². The molecule has 4 rings (SSSR count). The van der Waals surface area contributed by atoms with E-state index < -0.39 is 0 Å². The molecule has 2 N–H and O–H groups in total. The number of carbonyl (C=O) groups excluding carboxylic acids is 1. The summed E-state index contributed by atoms with van der Waals surface area (Å²) in [6, 6.07) is 11.1. The zero-order valence-corrected chi connectivity index (χ0v) is 17.6. The molecule has 0 radical (unpaired) electrons. The maximum absolute atomic E-state index is 12.7. The molecule has 0 saturated heterocycles. The number of carbonyl (C=O) groups is 1. The van der Waals surface area contributed by atoms with Gasteiger partial charge in [-0.1, -0.05) is 48.9 Å². The van der Waals surface area contributed by atoms with Gasteiger partial charge in [0, 0.05) is 29.4 Å². The first-order valence-electron chi connectivity index (χ1n) is 9.89. The molecule has 0 fully saturated rings. The minimum absolute atomic E-state index is 0.127. The topological polar surface area (TPSA) is 57.3 Å². The highest BCUT2D eigenvalue weighted by Gasteiger charge is 2.27. The molecule has 30 heavy (non-hydrogen) atoms. The van der Waals surface area contributed by atoms with Crippen LogP contribution in [-0.4, -0.2) is 22.0 Å². The second kappa shape index (κ2) is 8.59. The fourth-order valence-electron chi connectivity index (χ4n) is 3.48. The second-order valence-corrected chi connectivity index (χ2v) is 7.57. The van der Waals surface area contributed by atoms with Crippen LogP contribution in [0.15, 0.2) is 78.0 Å². The van der Waals surface area contributed by atoms with Crippen LogP contribution in [0.5, 0.6) is 0 Å². The third-order valence-electron chi connectivity index (χ3n) is 5.18. The number of rotatable bonds is 5. The molecular formula is C24H23ClN4O. The molecule has 2 aromatic rings. The van der Waals surface area contributed by atoms with Gasteiger partial charge in [-0.2, -0.15) is 0 Å². The molecule has 6 heteroatoms. The molecule has 0 bridgehead atoms. The minimum atomic E-state index is -0.133. The summed E-state index contributed by atoms with van der Waals surface area (Å²) < 4.78 is 0. The number of benzene rings is 1. The third kappa shape index (κ3) is 4.31. The van der Waals surface area contributed by atoms with Crippen molar-refractivity contribution in [1.82, 2.24) is 20.5 Å². The van der Waals surface area contributed by atoms with Gasteiger partial charge in [0.15, 0.2) is 0 Å². The fraction of sp³-hybridized carbons (Fsp3) is 0.167. The minimum Gasteiger partial charge on any atom is -0.364 e. The van der Waals surface area contributed by atoms with Gasteiger partial charge in [0.25, 0.3) is 5.91 Å². The quantitative estimate of drug-likeness (QED) is 0.677. The van der Waals surface area contributed by atoms with Crippen LogP contribution in [0.2, 0.25) is 5.15 Å². The SMILES string of the molecule is CCC1=C(C)N2C=C(NC(=O)c3ccc(/C=C/c4ccc(Cl)nc4)cc3)C=CC2N1. The van der Waals surface area contributed by atoms with Gasteiger partial charge >= 0.3 is 0 Å². The summed E-state index contributed by atoms with van der Waals surface area (Å²) in [5.74, 6) is -0.133. The van der Waals surface area contributed by atoms with E-state index in [0.717, 1.165) is 23.2 Å². The Hall–Kier alpha value is -3.31. The van der Waals surface area contributed by atoms with E-state index in [-0.39, 0.29) is 12.1 Å². The Bertz CT molecular complexity index is 1070. The first-order chi connectivity index (χ1) is 14.5. The lowest BCUT2D eigenvalue weighted by molar-refractivity contribution is 0.0966. The van der Waals surface area contributed by atoms with Gasteiger partial charge in [0.1, 0.15) is 11.3 Å². The van der Waals surface area contributed by atoms with Crippen molar-refractivity contribution < 1.29 is 4.79 Å². The predicted molar refractivity (Wildman–Crippen MR) is 121 cm³/mol. The van der Waals surface area contributed by atoms with Crippen LogP contribution in [0, 0.1) is 0 Å². The summed E-state index contributed by atoms with van der Waals surface area (Å²) in [5.41, 5.74) is 5.75. The van der Waals surface area contributed by atoms with Gasteiger partial charge < -0.3 is 15.5 Å². The molecule has 1 aromatic carbocycles. The number of nitrogens with zero attached hydrogens (tertiary/aromatic N) is 2. The molecule has 152 valence electrons. The molecule has 0 saturated carbocycles. The molecule has 0 spiro atoms. The largest absolute Gasteiger partial charge is 0.364 e. The number of hydrogen-bond donors (Lipinski definition) is 2. The fourth-order valence-corrected chi connectivity index (χ4v) is 3.59. The average Bonchev–Trinajstić information content (AvgIpc) is 3.09. The monoisotopic (exact) mass is 418 g/mol. The van der Waals surface area contributed by atoms with E-state index >= 15 is 0 Å². The van der Waals surface area contributed by atoms with Crippen molar-refractivity contribution in [1.29, 1.82) is 0 Å². The highest BCUT2D eigenvalue weighted by Crippen LogP contribution is 2.26. The van der Waals surface area contributed by atoms with E-state index in [1.807, 2.05) is 54.8 Å². The number of allylic oxidation sites excluding steroid dienone is 3. The maximum Gasteiger partial charge on any atom is 0.255 e. The predicted octanol–water partition coefficient (Wildman–Crippen LogP) is 4.92. The maximum atomic E-state index is 12.7. The van der Waals surface area contributed by atoms with Crippen molar-refractivity contribution in [3.05, 3.63) is 99.9 Å². The van der Waals surface area contributed by atoms with Gasteiger partial charge in [-0.15, -0.1) is 0 Å². The van der Waals surface area contributed by atoms with Gasteiger partial charge in [0.2, 0.25) is 0 Å². The van der Waals surface area contributed by atoms with Crippen molar-refractivity contribution >= 4 is 29.7 Å². The molecule has 1 unspecified atom stereocenters. The third-order valence-corrected chi connectivity index (χ3v) is 5.41. The van der Waals surface area contributed by atoms with E-state index in [1.54, 1.807) is 12.3 Å². The Kier molecular flexibility index (Phi) is 5.72. The van der Waals surface area contributed by atoms with E-state index in [1.165, 1.54) is 11.4 Å². The molecule has 1 atom stereocenters. The van der Waals surface area contributed by atoms with Crippen LogP contribution < -0.4 is 10.6 Å². The zero-order valence-electron chi connectivity index (χ0n) is 16.9. The molecule has 0 aliphatic carbocycles. The van der Waals surface area contributed by atoms with Crippen LogP contribution in [0.1, 0.15) is 41.8 Å².